The first kappa shape index (κ1) is 13.0. The lowest BCUT2D eigenvalue weighted by Crippen LogP contribution is -2.49. The van der Waals surface area contributed by atoms with Gasteiger partial charge in [0.25, 0.3) is 0 Å². The van der Waals surface area contributed by atoms with Crippen LogP contribution in [0.3, 0.4) is 0 Å². The number of piperidine rings is 1. The second-order valence-corrected chi connectivity index (χ2v) is 7.46. The summed E-state index contributed by atoms with van der Waals surface area (Å²) < 4.78 is 0. The Balaban J connectivity index is 2.64. The molecule has 0 aromatic rings. The minimum atomic E-state index is 0.428. The van der Waals surface area contributed by atoms with Gasteiger partial charge >= 0.3 is 0 Å². The van der Waals surface area contributed by atoms with E-state index in [4.69, 9.17) is 0 Å². The molecule has 0 aliphatic carbocycles. The molecule has 2 unspecified atom stereocenters. The second-order valence-electron chi connectivity index (χ2n) is 7.46. The van der Waals surface area contributed by atoms with Crippen LogP contribution in [0.1, 0.15) is 54.4 Å². The second kappa shape index (κ2) is 4.08. The smallest absolute Gasteiger partial charge is 0.0141 e. The zero-order valence-electron chi connectivity index (χ0n) is 11.7. The average Bonchev–Trinajstić information content (AvgIpc) is 1.99. The average molecular weight is 211 g/mol. The van der Waals surface area contributed by atoms with Gasteiger partial charge in [-0.2, -0.15) is 0 Å². The van der Waals surface area contributed by atoms with E-state index in [0.29, 0.717) is 10.8 Å². The Morgan fingerprint density at radius 3 is 1.73 bits per heavy atom. The van der Waals surface area contributed by atoms with Crippen LogP contribution in [0.5, 0.6) is 0 Å². The SMILES string of the molecule is CN1CC(C(C)(C)C)CCC1C(C)(C)C. The lowest BCUT2D eigenvalue weighted by Gasteiger charge is -2.47. The predicted octanol–water partition coefficient (Wildman–Crippen LogP) is 3.79. The van der Waals surface area contributed by atoms with Crippen LogP contribution in [0.2, 0.25) is 0 Å². The van der Waals surface area contributed by atoms with E-state index in [-0.39, 0.29) is 0 Å². The molecular weight excluding hydrogens is 182 g/mol. The Morgan fingerprint density at radius 2 is 1.40 bits per heavy atom. The van der Waals surface area contributed by atoms with E-state index < -0.39 is 0 Å². The van der Waals surface area contributed by atoms with Crippen molar-refractivity contribution in [2.24, 2.45) is 16.7 Å². The van der Waals surface area contributed by atoms with Crippen molar-refractivity contribution in [1.29, 1.82) is 0 Å². The molecule has 0 bridgehead atoms. The molecule has 1 nitrogen and oxygen atoms in total. The summed E-state index contributed by atoms with van der Waals surface area (Å²) in [6.07, 6.45) is 2.76. The Hall–Kier alpha value is -0.0400. The summed E-state index contributed by atoms with van der Waals surface area (Å²) in [7, 11) is 2.30. The fraction of sp³-hybridized carbons (Fsp3) is 1.00. The number of nitrogens with zero attached hydrogens (tertiary/aromatic N) is 1. The van der Waals surface area contributed by atoms with Crippen molar-refractivity contribution in [3.05, 3.63) is 0 Å². The molecule has 1 fully saturated rings. The van der Waals surface area contributed by atoms with Crippen LogP contribution < -0.4 is 0 Å². The van der Waals surface area contributed by atoms with E-state index in [2.05, 4.69) is 53.5 Å². The molecule has 0 spiro atoms. The summed E-state index contributed by atoms with van der Waals surface area (Å²) in [6, 6.07) is 0.760. The summed E-state index contributed by atoms with van der Waals surface area (Å²) >= 11 is 0. The van der Waals surface area contributed by atoms with Crippen LogP contribution in [0.25, 0.3) is 0 Å². The highest BCUT2D eigenvalue weighted by atomic mass is 15.1. The molecule has 0 radical (unpaired) electrons. The Kier molecular flexibility index (Phi) is 3.55. The fourth-order valence-corrected chi connectivity index (χ4v) is 2.95. The highest BCUT2D eigenvalue weighted by Crippen LogP contribution is 2.39. The van der Waals surface area contributed by atoms with Crippen LogP contribution in [0.15, 0.2) is 0 Å². The maximum absolute atomic E-state index is 2.58. The Labute approximate surface area is 96.2 Å². The van der Waals surface area contributed by atoms with Gasteiger partial charge in [0.2, 0.25) is 0 Å². The van der Waals surface area contributed by atoms with Crippen LogP contribution in [-0.2, 0) is 0 Å². The first-order valence-electron chi connectivity index (χ1n) is 6.32. The predicted molar refractivity (Wildman–Crippen MR) is 68.1 cm³/mol. The number of hydrogen-bond acceptors (Lipinski definition) is 1. The van der Waals surface area contributed by atoms with Gasteiger partial charge in [0.15, 0.2) is 0 Å². The van der Waals surface area contributed by atoms with Crippen LogP contribution in [0, 0.1) is 16.7 Å². The quantitative estimate of drug-likeness (QED) is 0.589. The molecule has 0 aromatic heterocycles. The molecule has 2 atom stereocenters. The molecule has 1 aliphatic heterocycles. The van der Waals surface area contributed by atoms with E-state index in [1.54, 1.807) is 0 Å². The first-order chi connectivity index (χ1) is 6.62. The van der Waals surface area contributed by atoms with Gasteiger partial charge in [-0.3, -0.25) is 0 Å². The molecule has 90 valence electrons. The molecule has 0 amide bonds. The summed E-state index contributed by atoms with van der Waals surface area (Å²) in [6.45, 7) is 15.5. The van der Waals surface area contributed by atoms with Gasteiger partial charge in [-0.05, 0) is 36.6 Å². The summed E-state index contributed by atoms with van der Waals surface area (Å²) in [4.78, 5) is 2.58. The molecule has 0 N–H and O–H groups in total. The van der Waals surface area contributed by atoms with Crippen molar-refractivity contribution in [2.45, 2.75) is 60.4 Å². The summed E-state index contributed by atoms with van der Waals surface area (Å²) in [5.74, 6) is 0.862. The van der Waals surface area contributed by atoms with E-state index in [1.807, 2.05) is 0 Å². The van der Waals surface area contributed by atoms with E-state index in [0.717, 1.165) is 12.0 Å². The number of likely N-dealkylation sites (tertiary alicyclic amines) is 1. The van der Waals surface area contributed by atoms with Gasteiger partial charge in [0.05, 0.1) is 0 Å². The molecule has 15 heavy (non-hydrogen) atoms. The minimum absolute atomic E-state index is 0.428. The number of hydrogen-bond donors (Lipinski definition) is 0. The normalized spacial score (nSPS) is 30.6. The highest BCUT2D eigenvalue weighted by molar-refractivity contribution is 4.90. The van der Waals surface area contributed by atoms with Crippen molar-refractivity contribution in [1.82, 2.24) is 4.90 Å². The fourth-order valence-electron chi connectivity index (χ4n) is 2.95. The van der Waals surface area contributed by atoms with Crippen molar-refractivity contribution in [3.8, 4) is 0 Å². The summed E-state index contributed by atoms with van der Waals surface area (Å²) in [5, 5.41) is 0. The van der Waals surface area contributed by atoms with Gasteiger partial charge in [0.1, 0.15) is 0 Å². The van der Waals surface area contributed by atoms with Gasteiger partial charge in [-0.25, -0.2) is 0 Å². The zero-order valence-corrected chi connectivity index (χ0v) is 11.7. The summed E-state index contributed by atoms with van der Waals surface area (Å²) in [5.41, 5.74) is 0.898. The Bertz CT molecular complexity index is 206. The molecule has 1 rings (SSSR count). The topological polar surface area (TPSA) is 3.24 Å². The van der Waals surface area contributed by atoms with Gasteiger partial charge in [-0.1, -0.05) is 41.5 Å². The maximum atomic E-state index is 2.58. The van der Waals surface area contributed by atoms with Crippen molar-refractivity contribution in [3.63, 3.8) is 0 Å². The molecule has 1 aliphatic rings. The third-order valence-electron chi connectivity index (χ3n) is 4.05. The van der Waals surface area contributed by atoms with Gasteiger partial charge in [-0.15, -0.1) is 0 Å². The minimum Gasteiger partial charge on any atom is -0.303 e. The van der Waals surface area contributed by atoms with Crippen LogP contribution in [0.4, 0.5) is 0 Å². The largest absolute Gasteiger partial charge is 0.303 e. The van der Waals surface area contributed by atoms with Crippen LogP contribution in [-0.4, -0.2) is 24.5 Å². The van der Waals surface area contributed by atoms with E-state index in [9.17, 15) is 0 Å². The molecular formula is C14H29N. The van der Waals surface area contributed by atoms with Gasteiger partial charge < -0.3 is 4.90 Å². The third-order valence-corrected chi connectivity index (χ3v) is 4.05. The maximum Gasteiger partial charge on any atom is 0.0141 e. The molecule has 1 heteroatoms. The van der Waals surface area contributed by atoms with E-state index in [1.165, 1.54) is 19.4 Å². The lowest BCUT2D eigenvalue weighted by molar-refractivity contribution is 0.0247. The first-order valence-corrected chi connectivity index (χ1v) is 6.32. The van der Waals surface area contributed by atoms with Crippen molar-refractivity contribution < 1.29 is 0 Å². The van der Waals surface area contributed by atoms with E-state index >= 15 is 0 Å². The Morgan fingerprint density at radius 1 is 0.867 bits per heavy atom. The van der Waals surface area contributed by atoms with Crippen molar-refractivity contribution >= 4 is 0 Å². The van der Waals surface area contributed by atoms with Crippen molar-refractivity contribution in [2.75, 3.05) is 13.6 Å². The monoisotopic (exact) mass is 211 g/mol. The van der Waals surface area contributed by atoms with Gasteiger partial charge in [0, 0.05) is 12.6 Å². The number of rotatable bonds is 0. The lowest BCUT2D eigenvalue weighted by atomic mass is 9.71. The standard InChI is InChI=1S/C14H29N/c1-13(2,3)11-8-9-12(14(4,5)6)15(7)10-11/h11-12H,8-10H2,1-7H3. The molecule has 0 aromatic carbocycles. The van der Waals surface area contributed by atoms with Crippen LogP contribution >= 0.6 is 0 Å². The molecule has 0 saturated carbocycles. The zero-order chi connectivity index (χ0) is 11.9. The highest BCUT2D eigenvalue weighted by Gasteiger charge is 2.37. The molecule has 1 heterocycles. The molecule has 1 saturated heterocycles. The third kappa shape index (κ3) is 3.21.